The molecule has 1 nitrogen and oxygen atoms in total. The fourth-order valence-corrected chi connectivity index (χ4v) is 3.35. The highest BCUT2D eigenvalue weighted by atomic mass is 19.3. The summed E-state index contributed by atoms with van der Waals surface area (Å²) < 4.78 is 24.1. The fraction of sp³-hybridized carbons (Fsp3) is 0.611. The average molecular weight is 291 g/mol. The fourth-order valence-electron chi connectivity index (χ4n) is 3.35. The smallest absolute Gasteiger partial charge is 0.211 e. The topological polar surface area (TPSA) is 23.8 Å². The third-order valence-electron chi connectivity index (χ3n) is 4.64. The Morgan fingerprint density at radius 2 is 1.71 bits per heavy atom. The molecule has 0 spiro atoms. The van der Waals surface area contributed by atoms with Crippen molar-refractivity contribution < 1.29 is 8.78 Å². The molecule has 0 aliphatic heterocycles. The predicted molar refractivity (Wildman–Crippen MR) is 80.3 cm³/mol. The van der Waals surface area contributed by atoms with Crippen molar-refractivity contribution >= 4 is 0 Å². The summed E-state index contributed by atoms with van der Waals surface area (Å²) >= 11 is 0. The van der Waals surface area contributed by atoms with E-state index >= 15 is 0 Å². The van der Waals surface area contributed by atoms with Crippen LogP contribution in [0.3, 0.4) is 0 Å². The van der Waals surface area contributed by atoms with Crippen LogP contribution in [0.4, 0.5) is 8.78 Å². The van der Waals surface area contributed by atoms with Gasteiger partial charge in [-0.15, -0.1) is 0 Å². The molecule has 3 heteroatoms. The molecule has 0 heterocycles. The van der Waals surface area contributed by atoms with Gasteiger partial charge < -0.3 is 0 Å². The van der Waals surface area contributed by atoms with Crippen LogP contribution in [0.25, 0.3) is 0 Å². The van der Waals surface area contributed by atoms with Crippen LogP contribution >= 0.6 is 0 Å². The van der Waals surface area contributed by atoms with Crippen molar-refractivity contribution in [2.24, 2.45) is 5.92 Å². The second kappa shape index (κ2) is 8.12. The van der Waals surface area contributed by atoms with Crippen molar-refractivity contribution in [3.63, 3.8) is 0 Å². The molecule has 0 radical (unpaired) electrons. The number of hydrogen-bond acceptors (Lipinski definition) is 1. The number of nitriles is 1. The number of nitrogens with zero attached hydrogens (tertiary/aromatic N) is 1. The Morgan fingerprint density at radius 3 is 2.29 bits per heavy atom. The summed E-state index contributed by atoms with van der Waals surface area (Å²) in [5, 5.41) is 8.81. The number of rotatable bonds is 6. The number of hydrogen-bond donors (Lipinski definition) is 0. The van der Waals surface area contributed by atoms with Gasteiger partial charge in [-0.1, -0.05) is 25.0 Å². The summed E-state index contributed by atoms with van der Waals surface area (Å²) in [6.45, 7) is 0. The molecule has 1 aromatic carbocycles. The minimum Gasteiger partial charge on any atom is -0.211 e. The second-order valence-electron chi connectivity index (χ2n) is 6.13. The first-order valence-corrected chi connectivity index (χ1v) is 7.97. The van der Waals surface area contributed by atoms with E-state index in [0.29, 0.717) is 17.9 Å². The van der Waals surface area contributed by atoms with E-state index in [1.807, 2.05) is 12.1 Å². The van der Waals surface area contributed by atoms with E-state index in [-0.39, 0.29) is 6.42 Å². The Balaban J connectivity index is 1.71. The summed E-state index contributed by atoms with van der Waals surface area (Å²) in [6.07, 6.45) is 5.41. The van der Waals surface area contributed by atoms with E-state index in [4.69, 9.17) is 5.26 Å². The van der Waals surface area contributed by atoms with Crippen molar-refractivity contribution in [3.05, 3.63) is 35.4 Å². The van der Waals surface area contributed by atoms with Crippen LogP contribution in [0.5, 0.6) is 0 Å². The molecule has 21 heavy (non-hydrogen) atoms. The lowest BCUT2D eigenvalue weighted by molar-refractivity contribution is 0.132. The zero-order valence-corrected chi connectivity index (χ0v) is 12.4. The minimum atomic E-state index is -2.14. The molecule has 0 atom stereocenters. The van der Waals surface area contributed by atoms with Crippen LogP contribution in [-0.4, -0.2) is 6.43 Å². The first kappa shape index (κ1) is 15.9. The lowest BCUT2D eigenvalue weighted by Gasteiger charge is -2.29. The number of halogens is 2. The summed E-state index contributed by atoms with van der Waals surface area (Å²) in [5.74, 6) is 1.33. The molecular formula is C18H23F2N. The summed E-state index contributed by atoms with van der Waals surface area (Å²) in [7, 11) is 0. The van der Waals surface area contributed by atoms with E-state index in [1.165, 1.54) is 31.2 Å². The minimum absolute atomic E-state index is 0.0561. The van der Waals surface area contributed by atoms with Gasteiger partial charge in [0.25, 0.3) is 0 Å². The molecular weight excluding hydrogens is 268 g/mol. The molecule has 1 aliphatic carbocycles. The SMILES string of the molecule is N#Cc1ccc([C@H]2CC[C@H](CCCCC(F)F)CC2)cc1. The molecule has 114 valence electrons. The monoisotopic (exact) mass is 291 g/mol. The van der Waals surface area contributed by atoms with Gasteiger partial charge in [-0.3, -0.25) is 0 Å². The lowest BCUT2D eigenvalue weighted by Crippen LogP contribution is -2.13. The average Bonchev–Trinajstić information content (AvgIpc) is 2.52. The second-order valence-corrected chi connectivity index (χ2v) is 6.13. The molecule has 0 unspecified atom stereocenters. The largest absolute Gasteiger partial charge is 0.238 e. The van der Waals surface area contributed by atoms with Gasteiger partial charge in [-0.05, 0) is 61.6 Å². The Morgan fingerprint density at radius 1 is 1.05 bits per heavy atom. The van der Waals surface area contributed by atoms with E-state index in [9.17, 15) is 8.78 Å². The van der Waals surface area contributed by atoms with Gasteiger partial charge in [0, 0.05) is 6.42 Å². The zero-order chi connectivity index (χ0) is 15.1. The maximum atomic E-state index is 12.1. The van der Waals surface area contributed by atoms with Crippen molar-refractivity contribution in [1.29, 1.82) is 5.26 Å². The van der Waals surface area contributed by atoms with Crippen LogP contribution in [0.15, 0.2) is 24.3 Å². The van der Waals surface area contributed by atoms with Gasteiger partial charge in [0.15, 0.2) is 0 Å². The number of unbranched alkanes of at least 4 members (excludes halogenated alkanes) is 1. The van der Waals surface area contributed by atoms with Crippen LogP contribution < -0.4 is 0 Å². The summed E-state index contributed by atoms with van der Waals surface area (Å²) in [6, 6.07) is 10.1. The van der Waals surface area contributed by atoms with Crippen molar-refractivity contribution in [2.45, 2.75) is 63.7 Å². The molecule has 1 aliphatic rings. The summed E-state index contributed by atoms with van der Waals surface area (Å²) in [4.78, 5) is 0. The van der Waals surface area contributed by atoms with Crippen LogP contribution in [0, 0.1) is 17.2 Å². The Hall–Kier alpha value is -1.43. The summed E-state index contributed by atoms with van der Waals surface area (Å²) in [5.41, 5.74) is 2.05. The van der Waals surface area contributed by atoms with Gasteiger partial charge in [0.05, 0.1) is 11.6 Å². The standard InChI is InChI=1S/C18H23F2N/c19-18(20)4-2-1-3-14-5-9-16(10-6-14)17-11-7-15(13-21)8-12-17/h7-8,11-12,14,16,18H,1-6,9-10H2/t14-,16-. The molecule has 0 bridgehead atoms. The predicted octanol–water partition coefficient (Wildman–Crippen LogP) is 5.66. The van der Waals surface area contributed by atoms with E-state index in [0.717, 1.165) is 18.8 Å². The molecule has 1 fully saturated rings. The van der Waals surface area contributed by atoms with Crippen LogP contribution in [0.1, 0.15) is 68.4 Å². The van der Waals surface area contributed by atoms with E-state index in [1.54, 1.807) is 0 Å². The molecule has 1 aromatic rings. The maximum Gasteiger partial charge on any atom is 0.238 e. The molecule has 0 amide bonds. The lowest BCUT2D eigenvalue weighted by atomic mass is 9.77. The van der Waals surface area contributed by atoms with E-state index in [2.05, 4.69) is 18.2 Å². The third-order valence-corrected chi connectivity index (χ3v) is 4.64. The van der Waals surface area contributed by atoms with Crippen LogP contribution in [0.2, 0.25) is 0 Å². The molecule has 2 rings (SSSR count). The van der Waals surface area contributed by atoms with Gasteiger partial charge in [0.2, 0.25) is 6.43 Å². The normalized spacial score (nSPS) is 22.2. The molecule has 0 aromatic heterocycles. The quantitative estimate of drug-likeness (QED) is 0.620. The Kier molecular flexibility index (Phi) is 6.17. The first-order chi connectivity index (χ1) is 10.2. The number of benzene rings is 1. The van der Waals surface area contributed by atoms with E-state index < -0.39 is 6.43 Å². The van der Waals surface area contributed by atoms with Crippen LogP contribution in [-0.2, 0) is 0 Å². The van der Waals surface area contributed by atoms with Gasteiger partial charge in [-0.2, -0.15) is 5.26 Å². The Labute approximate surface area is 126 Å². The van der Waals surface area contributed by atoms with Gasteiger partial charge >= 0.3 is 0 Å². The Bertz CT molecular complexity index is 453. The van der Waals surface area contributed by atoms with Gasteiger partial charge in [0.1, 0.15) is 0 Å². The number of alkyl halides is 2. The van der Waals surface area contributed by atoms with Crippen molar-refractivity contribution in [2.75, 3.05) is 0 Å². The van der Waals surface area contributed by atoms with Crippen molar-refractivity contribution in [1.82, 2.24) is 0 Å². The third kappa shape index (κ3) is 5.12. The highest BCUT2D eigenvalue weighted by Crippen LogP contribution is 2.37. The molecule has 1 saturated carbocycles. The highest BCUT2D eigenvalue weighted by molar-refractivity contribution is 5.33. The molecule has 0 saturated heterocycles. The van der Waals surface area contributed by atoms with Gasteiger partial charge in [-0.25, -0.2) is 8.78 Å². The highest BCUT2D eigenvalue weighted by Gasteiger charge is 2.22. The molecule has 0 N–H and O–H groups in total. The van der Waals surface area contributed by atoms with Crippen molar-refractivity contribution in [3.8, 4) is 6.07 Å². The first-order valence-electron chi connectivity index (χ1n) is 7.97. The maximum absolute atomic E-state index is 12.1. The zero-order valence-electron chi connectivity index (χ0n) is 12.4.